The number of nitrogens with zero attached hydrogens (tertiary/aromatic N) is 3. The minimum absolute atomic E-state index is 0.0130. The van der Waals surface area contributed by atoms with Gasteiger partial charge in [-0.05, 0) is 13.0 Å². The average Bonchev–Trinajstić information content (AvgIpc) is 2.68. The lowest BCUT2D eigenvalue weighted by molar-refractivity contribution is -0.142. The zero-order chi connectivity index (χ0) is 13.5. The molecule has 2 aromatic heterocycles. The van der Waals surface area contributed by atoms with Crippen molar-refractivity contribution in [1.82, 2.24) is 19.9 Å². The Hall–Kier alpha value is -2.12. The first-order valence-electron chi connectivity index (χ1n) is 4.99. The van der Waals surface area contributed by atoms with E-state index < -0.39 is 17.8 Å². The predicted molar refractivity (Wildman–Crippen MR) is 56.1 cm³/mol. The van der Waals surface area contributed by atoms with Crippen LogP contribution in [0.3, 0.4) is 0 Å². The van der Waals surface area contributed by atoms with Crippen molar-refractivity contribution in [2.24, 2.45) is 0 Å². The fourth-order valence-corrected chi connectivity index (χ4v) is 1.54. The van der Waals surface area contributed by atoms with Crippen molar-refractivity contribution in [2.45, 2.75) is 13.1 Å². The van der Waals surface area contributed by atoms with Crippen LogP contribution in [0.4, 0.5) is 13.2 Å². The Balaban J connectivity index is 2.72. The number of amides is 1. The number of carbonyl (C=O) groups excluding carboxylic acids is 1. The van der Waals surface area contributed by atoms with E-state index in [1.165, 1.54) is 20.0 Å². The average molecular weight is 258 g/mol. The highest BCUT2D eigenvalue weighted by Crippen LogP contribution is 2.29. The lowest BCUT2D eigenvalue weighted by atomic mass is 10.3. The van der Waals surface area contributed by atoms with E-state index in [1.807, 2.05) is 0 Å². The number of carbonyl (C=O) groups is 1. The maximum absolute atomic E-state index is 12.8. The molecule has 2 aromatic rings. The van der Waals surface area contributed by atoms with E-state index >= 15 is 0 Å². The van der Waals surface area contributed by atoms with Crippen molar-refractivity contribution < 1.29 is 18.0 Å². The van der Waals surface area contributed by atoms with E-state index in [0.717, 1.165) is 6.07 Å². The number of aromatic nitrogens is 3. The first-order valence-corrected chi connectivity index (χ1v) is 4.99. The van der Waals surface area contributed by atoms with Crippen molar-refractivity contribution in [2.75, 3.05) is 7.05 Å². The normalized spacial score (nSPS) is 11.8. The summed E-state index contributed by atoms with van der Waals surface area (Å²) in [6.45, 7) is 1.45. The van der Waals surface area contributed by atoms with Crippen LogP contribution in [0.1, 0.15) is 21.9 Å². The molecule has 0 spiro atoms. The number of nitrogens with one attached hydrogen (secondary N) is 1. The van der Waals surface area contributed by atoms with E-state index in [0.29, 0.717) is 4.52 Å². The van der Waals surface area contributed by atoms with Gasteiger partial charge in [-0.1, -0.05) is 0 Å². The number of rotatable bonds is 1. The van der Waals surface area contributed by atoms with Crippen molar-refractivity contribution in [3.8, 4) is 0 Å². The molecule has 0 radical (unpaired) electrons. The highest BCUT2D eigenvalue weighted by molar-refractivity contribution is 5.93. The predicted octanol–water partition coefficient (Wildman–Crippen LogP) is 1.42. The van der Waals surface area contributed by atoms with Gasteiger partial charge in [0.1, 0.15) is 5.69 Å². The fraction of sp³-hybridized carbons (Fsp3) is 0.300. The van der Waals surface area contributed by atoms with Crippen LogP contribution >= 0.6 is 0 Å². The van der Waals surface area contributed by atoms with E-state index in [9.17, 15) is 18.0 Å². The van der Waals surface area contributed by atoms with Crippen LogP contribution in [-0.2, 0) is 6.18 Å². The number of hydrogen-bond donors (Lipinski definition) is 1. The van der Waals surface area contributed by atoms with Gasteiger partial charge in [0.25, 0.3) is 5.91 Å². The summed E-state index contributed by atoms with van der Waals surface area (Å²) in [4.78, 5) is 15.2. The van der Waals surface area contributed by atoms with Gasteiger partial charge in [-0.3, -0.25) is 4.79 Å². The first kappa shape index (κ1) is 12.3. The smallest absolute Gasteiger partial charge is 0.354 e. The maximum Gasteiger partial charge on any atom is 0.433 e. The molecule has 0 saturated carbocycles. The van der Waals surface area contributed by atoms with Gasteiger partial charge in [-0.15, -0.1) is 0 Å². The minimum Gasteiger partial charge on any atom is -0.354 e. The Morgan fingerprint density at radius 3 is 2.61 bits per heavy atom. The molecule has 0 atom stereocenters. The van der Waals surface area contributed by atoms with Crippen LogP contribution in [0.25, 0.3) is 5.65 Å². The lowest BCUT2D eigenvalue weighted by Crippen LogP contribution is -2.19. The summed E-state index contributed by atoms with van der Waals surface area (Å²) in [5.74, 6) is -0.564. The van der Waals surface area contributed by atoms with Crippen molar-refractivity contribution >= 4 is 11.6 Å². The van der Waals surface area contributed by atoms with Crippen LogP contribution in [-0.4, -0.2) is 27.6 Å². The fourth-order valence-electron chi connectivity index (χ4n) is 1.54. The highest BCUT2D eigenvalue weighted by Gasteiger charge is 2.35. The Morgan fingerprint density at radius 2 is 2.06 bits per heavy atom. The van der Waals surface area contributed by atoms with Gasteiger partial charge < -0.3 is 5.32 Å². The van der Waals surface area contributed by atoms with Gasteiger partial charge in [-0.2, -0.15) is 18.3 Å². The molecule has 0 aliphatic carbocycles. The molecule has 18 heavy (non-hydrogen) atoms. The third kappa shape index (κ3) is 2.01. The number of alkyl halides is 3. The van der Waals surface area contributed by atoms with Crippen LogP contribution in [0, 0.1) is 6.92 Å². The van der Waals surface area contributed by atoms with E-state index in [4.69, 9.17) is 0 Å². The third-order valence-corrected chi connectivity index (χ3v) is 2.31. The maximum atomic E-state index is 12.8. The van der Waals surface area contributed by atoms with Gasteiger partial charge in [0.15, 0.2) is 11.3 Å². The molecule has 0 fully saturated rings. The summed E-state index contributed by atoms with van der Waals surface area (Å²) in [7, 11) is 1.37. The van der Waals surface area contributed by atoms with Crippen molar-refractivity contribution in [3.63, 3.8) is 0 Å². The second-order valence-corrected chi connectivity index (χ2v) is 3.66. The summed E-state index contributed by atoms with van der Waals surface area (Å²) in [6.07, 6.45) is -4.56. The molecule has 0 bridgehead atoms. The molecule has 0 unspecified atom stereocenters. The molecule has 0 aromatic carbocycles. The zero-order valence-corrected chi connectivity index (χ0v) is 9.54. The SMILES string of the molecule is CNC(=O)c1cc2nc(C)cc(C(F)(F)F)n2n1. The van der Waals surface area contributed by atoms with E-state index in [-0.39, 0.29) is 17.0 Å². The largest absolute Gasteiger partial charge is 0.433 e. The molecule has 0 saturated heterocycles. The van der Waals surface area contributed by atoms with Gasteiger partial charge in [-0.25, -0.2) is 9.50 Å². The van der Waals surface area contributed by atoms with Gasteiger partial charge in [0.05, 0.1) is 0 Å². The molecule has 8 heteroatoms. The Labute approximate surface area is 99.6 Å². The van der Waals surface area contributed by atoms with Gasteiger partial charge in [0.2, 0.25) is 0 Å². The first-order chi connectivity index (χ1) is 8.32. The van der Waals surface area contributed by atoms with E-state index in [2.05, 4.69) is 15.4 Å². The quantitative estimate of drug-likeness (QED) is 0.841. The monoisotopic (exact) mass is 258 g/mol. The molecule has 1 amide bonds. The molecular formula is C10H9F3N4O. The Kier molecular flexibility index (Phi) is 2.72. The summed E-state index contributed by atoms with van der Waals surface area (Å²) >= 11 is 0. The van der Waals surface area contributed by atoms with Crippen molar-refractivity contribution in [3.05, 3.63) is 29.2 Å². The molecule has 0 aliphatic rings. The summed E-state index contributed by atoms with van der Waals surface area (Å²) in [5.41, 5.74) is -0.875. The standard InChI is InChI=1S/C10H9F3N4O/c1-5-3-7(10(11,12)13)17-8(15-5)4-6(16-17)9(18)14-2/h3-4H,1-2H3,(H,14,18). The number of fused-ring (bicyclic) bond motifs is 1. The molecule has 0 aliphatic heterocycles. The minimum atomic E-state index is -4.56. The van der Waals surface area contributed by atoms with Crippen molar-refractivity contribution in [1.29, 1.82) is 0 Å². The van der Waals surface area contributed by atoms with Crippen LogP contribution in [0.5, 0.6) is 0 Å². The number of hydrogen-bond acceptors (Lipinski definition) is 3. The molecule has 96 valence electrons. The molecule has 1 N–H and O–H groups in total. The number of aryl methyl sites for hydroxylation is 1. The summed E-state index contributed by atoms with van der Waals surface area (Å²) in [6, 6.07) is 2.09. The van der Waals surface area contributed by atoms with Gasteiger partial charge >= 0.3 is 6.18 Å². The Morgan fingerprint density at radius 1 is 1.39 bits per heavy atom. The second-order valence-electron chi connectivity index (χ2n) is 3.66. The summed E-state index contributed by atoms with van der Waals surface area (Å²) in [5, 5.41) is 5.90. The second kappa shape index (κ2) is 3.97. The highest BCUT2D eigenvalue weighted by atomic mass is 19.4. The molecule has 2 heterocycles. The van der Waals surface area contributed by atoms with Crippen LogP contribution in [0.2, 0.25) is 0 Å². The molecule has 5 nitrogen and oxygen atoms in total. The third-order valence-electron chi connectivity index (χ3n) is 2.31. The lowest BCUT2D eigenvalue weighted by Gasteiger charge is -2.08. The van der Waals surface area contributed by atoms with E-state index in [1.54, 1.807) is 0 Å². The molecular weight excluding hydrogens is 249 g/mol. The zero-order valence-electron chi connectivity index (χ0n) is 9.54. The summed E-state index contributed by atoms with van der Waals surface area (Å²) < 4.78 is 39.0. The molecule has 2 rings (SSSR count). The Bertz CT molecular complexity index is 617. The van der Waals surface area contributed by atoms with Crippen LogP contribution in [0.15, 0.2) is 12.1 Å². The number of halogens is 3. The van der Waals surface area contributed by atoms with Gasteiger partial charge in [0, 0.05) is 18.8 Å². The van der Waals surface area contributed by atoms with Crippen LogP contribution < -0.4 is 5.32 Å². The topological polar surface area (TPSA) is 59.3 Å².